The number of carbonyl (C=O) groups is 1. The fraction of sp³-hybridized carbons (Fsp3) is 0.406. The average Bonchev–Trinajstić information content (AvgIpc) is 3.46. The van der Waals surface area contributed by atoms with Gasteiger partial charge < -0.3 is 30.3 Å². The van der Waals surface area contributed by atoms with E-state index in [-0.39, 0.29) is 37.5 Å². The number of amides is 2. The Morgan fingerprint density at radius 2 is 1.48 bits per heavy atom. The number of aliphatic hydroxyl groups is 2. The van der Waals surface area contributed by atoms with Crippen molar-refractivity contribution in [1.82, 2.24) is 15.5 Å². The number of nitrogens with one attached hydrogen (secondary N) is 2. The van der Waals surface area contributed by atoms with Crippen LogP contribution in [0.2, 0.25) is 0 Å². The Morgan fingerprint density at radius 3 is 2.15 bits per heavy atom. The van der Waals surface area contributed by atoms with Gasteiger partial charge in [-0.1, -0.05) is 78.9 Å². The monoisotopic (exact) mass is 545 g/mol. The molecule has 2 heterocycles. The SMILES string of the molecule is O=C(NCc1ccccc1)NCc1ccc(C2OC(CN3CCCC3CO)CC(c3ccc(CO)cc3)O2)cc1. The molecule has 2 aliphatic rings. The molecular weight excluding hydrogens is 506 g/mol. The lowest BCUT2D eigenvalue weighted by molar-refractivity contribution is -0.253. The maximum atomic E-state index is 12.2. The van der Waals surface area contributed by atoms with Gasteiger partial charge in [0.1, 0.15) is 0 Å². The lowest BCUT2D eigenvalue weighted by Crippen LogP contribution is -2.42. The van der Waals surface area contributed by atoms with Crippen molar-refractivity contribution in [3.63, 3.8) is 0 Å². The molecule has 4 unspecified atom stereocenters. The third kappa shape index (κ3) is 7.47. The van der Waals surface area contributed by atoms with Gasteiger partial charge in [0.05, 0.1) is 25.4 Å². The average molecular weight is 546 g/mol. The molecule has 40 heavy (non-hydrogen) atoms. The molecule has 0 aliphatic carbocycles. The number of rotatable bonds is 10. The summed E-state index contributed by atoms with van der Waals surface area (Å²) in [6.07, 6.45) is 2.07. The van der Waals surface area contributed by atoms with Crippen LogP contribution in [-0.4, -0.2) is 53.0 Å². The second kappa shape index (κ2) is 13.9. The molecule has 0 aromatic heterocycles. The van der Waals surface area contributed by atoms with Gasteiger partial charge in [0.25, 0.3) is 0 Å². The predicted octanol–water partition coefficient (Wildman–Crippen LogP) is 4.18. The van der Waals surface area contributed by atoms with Gasteiger partial charge in [-0.2, -0.15) is 0 Å². The summed E-state index contributed by atoms with van der Waals surface area (Å²) in [5.41, 5.74) is 4.86. The van der Waals surface area contributed by atoms with E-state index in [0.29, 0.717) is 19.5 Å². The number of nitrogens with zero attached hydrogens (tertiary/aromatic N) is 1. The van der Waals surface area contributed by atoms with Gasteiger partial charge in [-0.3, -0.25) is 4.90 Å². The summed E-state index contributed by atoms with van der Waals surface area (Å²) in [4.78, 5) is 14.6. The van der Waals surface area contributed by atoms with Crippen LogP contribution in [0.1, 0.15) is 59.5 Å². The number of benzene rings is 3. The van der Waals surface area contributed by atoms with E-state index in [1.807, 2.05) is 78.9 Å². The van der Waals surface area contributed by atoms with Crippen molar-refractivity contribution < 1.29 is 24.5 Å². The number of ether oxygens (including phenoxy) is 2. The van der Waals surface area contributed by atoms with Crippen molar-refractivity contribution >= 4 is 6.03 Å². The smallest absolute Gasteiger partial charge is 0.315 e. The van der Waals surface area contributed by atoms with Crippen LogP contribution in [0.15, 0.2) is 78.9 Å². The Morgan fingerprint density at radius 1 is 0.825 bits per heavy atom. The lowest BCUT2D eigenvalue weighted by Gasteiger charge is -2.38. The highest BCUT2D eigenvalue weighted by Crippen LogP contribution is 2.38. The van der Waals surface area contributed by atoms with E-state index >= 15 is 0 Å². The van der Waals surface area contributed by atoms with Crippen molar-refractivity contribution in [3.05, 3.63) is 107 Å². The Labute approximate surface area is 235 Å². The number of aliphatic hydroxyl groups excluding tert-OH is 2. The molecule has 0 radical (unpaired) electrons. The van der Waals surface area contributed by atoms with Crippen molar-refractivity contribution in [2.75, 3.05) is 19.7 Å². The first-order valence-electron chi connectivity index (χ1n) is 14.1. The molecule has 2 amide bonds. The van der Waals surface area contributed by atoms with Gasteiger partial charge in [0.15, 0.2) is 6.29 Å². The van der Waals surface area contributed by atoms with Gasteiger partial charge in [-0.15, -0.1) is 0 Å². The third-order valence-electron chi connectivity index (χ3n) is 7.76. The van der Waals surface area contributed by atoms with Crippen molar-refractivity contribution in [2.45, 2.75) is 63.5 Å². The third-order valence-corrected chi connectivity index (χ3v) is 7.76. The minimum Gasteiger partial charge on any atom is -0.395 e. The topological polar surface area (TPSA) is 103 Å². The van der Waals surface area contributed by atoms with Crippen molar-refractivity contribution in [3.8, 4) is 0 Å². The van der Waals surface area contributed by atoms with Crippen LogP contribution < -0.4 is 10.6 Å². The minimum atomic E-state index is -0.535. The number of hydrogen-bond donors (Lipinski definition) is 4. The summed E-state index contributed by atoms with van der Waals surface area (Å²) < 4.78 is 12.9. The molecule has 0 saturated carbocycles. The van der Waals surface area contributed by atoms with E-state index in [9.17, 15) is 15.0 Å². The molecule has 0 bridgehead atoms. The molecule has 5 rings (SSSR count). The first kappa shape index (κ1) is 28.3. The molecule has 212 valence electrons. The molecule has 8 nitrogen and oxygen atoms in total. The van der Waals surface area contributed by atoms with E-state index in [1.165, 1.54) is 0 Å². The fourth-order valence-corrected chi connectivity index (χ4v) is 5.45. The van der Waals surface area contributed by atoms with Crippen molar-refractivity contribution in [2.24, 2.45) is 0 Å². The molecule has 3 aromatic rings. The normalized spacial score (nSPS) is 23.1. The van der Waals surface area contributed by atoms with Gasteiger partial charge in [0.2, 0.25) is 0 Å². The van der Waals surface area contributed by atoms with Gasteiger partial charge >= 0.3 is 6.03 Å². The maximum absolute atomic E-state index is 12.2. The highest BCUT2D eigenvalue weighted by atomic mass is 16.7. The lowest BCUT2D eigenvalue weighted by atomic mass is 9.99. The van der Waals surface area contributed by atoms with Crippen LogP contribution in [0.4, 0.5) is 4.79 Å². The van der Waals surface area contributed by atoms with E-state index in [4.69, 9.17) is 9.47 Å². The van der Waals surface area contributed by atoms with Crippen LogP contribution in [0.25, 0.3) is 0 Å². The van der Waals surface area contributed by atoms with Gasteiger partial charge in [-0.05, 0) is 41.6 Å². The summed E-state index contributed by atoms with van der Waals surface area (Å²) in [7, 11) is 0. The van der Waals surface area contributed by atoms with Crippen LogP contribution in [-0.2, 0) is 29.2 Å². The molecule has 4 atom stereocenters. The zero-order valence-corrected chi connectivity index (χ0v) is 22.7. The molecule has 2 aliphatic heterocycles. The maximum Gasteiger partial charge on any atom is 0.315 e. The molecule has 0 spiro atoms. The van der Waals surface area contributed by atoms with E-state index in [0.717, 1.165) is 53.7 Å². The Bertz CT molecular complexity index is 1210. The molecule has 3 aromatic carbocycles. The quantitative estimate of drug-likeness (QED) is 0.305. The van der Waals surface area contributed by atoms with Crippen molar-refractivity contribution in [1.29, 1.82) is 0 Å². The number of carbonyl (C=O) groups excluding carboxylic acids is 1. The number of urea groups is 1. The minimum absolute atomic E-state index is 0.00750. The van der Waals surface area contributed by atoms with E-state index in [1.54, 1.807) is 0 Å². The summed E-state index contributed by atoms with van der Waals surface area (Å²) in [5.74, 6) is 0. The Balaban J connectivity index is 1.22. The van der Waals surface area contributed by atoms with E-state index in [2.05, 4.69) is 15.5 Å². The zero-order valence-electron chi connectivity index (χ0n) is 22.7. The van der Waals surface area contributed by atoms with Gasteiger partial charge in [-0.25, -0.2) is 4.79 Å². The molecule has 2 fully saturated rings. The first-order valence-corrected chi connectivity index (χ1v) is 14.1. The summed E-state index contributed by atoms with van der Waals surface area (Å²) in [5, 5.41) is 25.0. The second-order valence-electron chi connectivity index (χ2n) is 10.6. The largest absolute Gasteiger partial charge is 0.395 e. The predicted molar refractivity (Wildman–Crippen MR) is 152 cm³/mol. The highest BCUT2D eigenvalue weighted by Gasteiger charge is 2.35. The fourth-order valence-electron chi connectivity index (χ4n) is 5.45. The molecule has 8 heteroatoms. The summed E-state index contributed by atoms with van der Waals surface area (Å²) in [6.45, 7) is 2.77. The zero-order chi connectivity index (χ0) is 27.7. The standard InChI is InChI=1S/C32H39N3O5/c36-21-25-10-12-26(13-11-25)30-17-29(20-35-16-4-7-28(35)22-37)39-31(40-30)27-14-8-24(9-15-27)19-34-32(38)33-18-23-5-2-1-3-6-23/h1-3,5-6,8-15,28-31,36-37H,4,7,16-22H2,(H2,33,34,38). The van der Waals surface area contributed by atoms with Crippen LogP contribution in [0, 0.1) is 0 Å². The first-order chi connectivity index (χ1) is 19.6. The van der Waals surface area contributed by atoms with Crippen LogP contribution in [0.3, 0.4) is 0 Å². The Hall–Kier alpha value is -3.27. The van der Waals surface area contributed by atoms with Crippen LogP contribution >= 0.6 is 0 Å². The number of hydrogen-bond acceptors (Lipinski definition) is 6. The number of likely N-dealkylation sites (tertiary alicyclic amines) is 1. The summed E-state index contributed by atoms with van der Waals surface area (Å²) >= 11 is 0. The van der Waals surface area contributed by atoms with Gasteiger partial charge in [0, 0.05) is 37.7 Å². The second-order valence-corrected chi connectivity index (χ2v) is 10.6. The molecule has 2 saturated heterocycles. The summed E-state index contributed by atoms with van der Waals surface area (Å²) in [6, 6.07) is 25.6. The molecular formula is C32H39N3O5. The Kier molecular flexibility index (Phi) is 9.81. The molecule has 4 N–H and O–H groups in total. The highest BCUT2D eigenvalue weighted by molar-refractivity contribution is 5.73. The van der Waals surface area contributed by atoms with E-state index < -0.39 is 6.29 Å². The van der Waals surface area contributed by atoms with Crippen LogP contribution in [0.5, 0.6) is 0 Å².